The first-order valence-corrected chi connectivity index (χ1v) is 6.22. The first kappa shape index (κ1) is 10.2. The zero-order chi connectivity index (χ0) is 10.0. The Morgan fingerprint density at radius 3 is 2.29 bits per heavy atom. The van der Waals surface area contributed by atoms with Crippen molar-refractivity contribution in [3.63, 3.8) is 0 Å². The number of rotatable bonds is 1. The van der Waals surface area contributed by atoms with Crippen molar-refractivity contribution in [3.8, 4) is 0 Å². The van der Waals surface area contributed by atoms with Crippen molar-refractivity contribution in [1.82, 2.24) is 0 Å². The van der Waals surface area contributed by atoms with Crippen LogP contribution in [0, 0.1) is 11.3 Å². The molecule has 0 heterocycles. The van der Waals surface area contributed by atoms with Crippen molar-refractivity contribution in [2.45, 2.75) is 64.7 Å². The van der Waals surface area contributed by atoms with E-state index in [1.165, 1.54) is 38.5 Å². The van der Waals surface area contributed by atoms with Gasteiger partial charge in [0.2, 0.25) is 0 Å². The molecule has 2 fully saturated rings. The van der Waals surface area contributed by atoms with Gasteiger partial charge in [-0.15, -0.1) is 0 Å². The highest BCUT2D eigenvalue weighted by Gasteiger charge is 2.40. The lowest BCUT2D eigenvalue weighted by Gasteiger charge is -2.32. The third-order valence-corrected chi connectivity index (χ3v) is 4.42. The SMILES string of the molecule is CC1(C2CCCCCC2)CCC(=O)C1. The normalized spacial score (nSPS) is 35.9. The summed E-state index contributed by atoms with van der Waals surface area (Å²) in [4.78, 5) is 11.4. The van der Waals surface area contributed by atoms with E-state index in [0.29, 0.717) is 11.2 Å². The van der Waals surface area contributed by atoms with Crippen LogP contribution in [-0.2, 0) is 4.79 Å². The van der Waals surface area contributed by atoms with E-state index in [0.717, 1.165) is 25.2 Å². The van der Waals surface area contributed by atoms with Crippen LogP contribution < -0.4 is 0 Å². The molecule has 1 atom stereocenters. The first-order valence-electron chi connectivity index (χ1n) is 6.22. The predicted molar refractivity (Wildman–Crippen MR) is 58.2 cm³/mol. The number of carbonyl (C=O) groups is 1. The van der Waals surface area contributed by atoms with E-state index in [-0.39, 0.29) is 0 Å². The molecule has 0 amide bonds. The summed E-state index contributed by atoms with van der Waals surface area (Å²) in [5, 5.41) is 0. The monoisotopic (exact) mass is 194 g/mol. The molecule has 1 nitrogen and oxygen atoms in total. The van der Waals surface area contributed by atoms with Crippen LogP contribution in [0.4, 0.5) is 0 Å². The summed E-state index contributed by atoms with van der Waals surface area (Å²) in [5.74, 6) is 1.35. The second-order valence-electron chi connectivity index (χ2n) is 5.56. The van der Waals surface area contributed by atoms with Gasteiger partial charge in [-0.05, 0) is 30.6 Å². The fourth-order valence-corrected chi connectivity index (χ4v) is 3.38. The van der Waals surface area contributed by atoms with Crippen molar-refractivity contribution in [3.05, 3.63) is 0 Å². The fraction of sp³-hybridized carbons (Fsp3) is 0.923. The van der Waals surface area contributed by atoms with Crippen LogP contribution in [0.2, 0.25) is 0 Å². The molecule has 2 saturated carbocycles. The average molecular weight is 194 g/mol. The Bertz CT molecular complexity index is 213. The minimum atomic E-state index is 0.376. The molecule has 2 rings (SSSR count). The average Bonchev–Trinajstić information content (AvgIpc) is 2.45. The van der Waals surface area contributed by atoms with Gasteiger partial charge in [-0.3, -0.25) is 4.79 Å². The minimum Gasteiger partial charge on any atom is -0.300 e. The highest BCUT2D eigenvalue weighted by atomic mass is 16.1. The molecule has 0 spiro atoms. The summed E-state index contributed by atoms with van der Waals surface area (Å²) >= 11 is 0. The van der Waals surface area contributed by atoms with Crippen molar-refractivity contribution < 1.29 is 4.79 Å². The highest BCUT2D eigenvalue weighted by molar-refractivity contribution is 5.81. The van der Waals surface area contributed by atoms with E-state index in [4.69, 9.17) is 0 Å². The number of ketones is 1. The molecule has 0 aliphatic heterocycles. The Hall–Kier alpha value is -0.330. The lowest BCUT2D eigenvalue weighted by molar-refractivity contribution is -0.118. The van der Waals surface area contributed by atoms with Crippen LogP contribution in [0.5, 0.6) is 0 Å². The molecule has 0 aromatic heterocycles. The van der Waals surface area contributed by atoms with Gasteiger partial charge in [0, 0.05) is 12.8 Å². The first-order chi connectivity index (χ1) is 6.71. The number of carbonyl (C=O) groups excluding carboxylic acids is 1. The summed E-state index contributed by atoms with van der Waals surface area (Å²) in [5.41, 5.74) is 0.376. The van der Waals surface area contributed by atoms with Gasteiger partial charge in [0.05, 0.1) is 0 Å². The standard InChI is InChI=1S/C13H22O/c1-13(9-8-12(14)10-13)11-6-4-2-3-5-7-11/h11H,2-10H2,1H3. The topological polar surface area (TPSA) is 17.1 Å². The molecule has 1 heteroatoms. The Kier molecular flexibility index (Phi) is 2.94. The number of Topliss-reactive ketones (excluding diaryl/α,β-unsaturated/α-hetero) is 1. The van der Waals surface area contributed by atoms with E-state index in [2.05, 4.69) is 6.92 Å². The highest BCUT2D eigenvalue weighted by Crippen LogP contribution is 2.47. The number of hydrogen-bond donors (Lipinski definition) is 0. The van der Waals surface area contributed by atoms with Gasteiger partial charge in [0.15, 0.2) is 0 Å². The molecule has 0 radical (unpaired) electrons. The summed E-state index contributed by atoms with van der Waals surface area (Å²) in [6.45, 7) is 2.36. The van der Waals surface area contributed by atoms with Crippen LogP contribution >= 0.6 is 0 Å². The van der Waals surface area contributed by atoms with Gasteiger partial charge in [-0.1, -0.05) is 32.6 Å². The molecule has 2 aliphatic carbocycles. The maximum Gasteiger partial charge on any atom is 0.133 e. The van der Waals surface area contributed by atoms with E-state index >= 15 is 0 Å². The van der Waals surface area contributed by atoms with Crippen molar-refractivity contribution in [2.24, 2.45) is 11.3 Å². The van der Waals surface area contributed by atoms with Gasteiger partial charge >= 0.3 is 0 Å². The largest absolute Gasteiger partial charge is 0.300 e. The molecule has 14 heavy (non-hydrogen) atoms. The quantitative estimate of drug-likeness (QED) is 0.581. The Morgan fingerprint density at radius 2 is 1.79 bits per heavy atom. The van der Waals surface area contributed by atoms with Crippen molar-refractivity contribution >= 4 is 5.78 Å². The zero-order valence-electron chi connectivity index (χ0n) is 9.35. The van der Waals surface area contributed by atoms with Crippen LogP contribution in [0.15, 0.2) is 0 Å². The zero-order valence-corrected chi connectivity index (χ0v) is 9.35. The Morgan fingerprint density at radius 1 is 1.14 bits per heavy atom. The second kappa shape index (κ2) is 4.04. The predicted octanol–water partition coefficient (Wildman–Crippen LogP) is 3.72. The molecule has 80 valence electrons. The van der Waals surface area contributed by atoms with Crippen LogP contribution in [-0.4, -0.2) is 5.78 Å². The van der Waals surface area contributed by atoms with Crippen LogP contribution in [0.25, 0.3) is 0 Å². The smallest absolute Gasteiger partial charge is 0.133 e. The van der Waals surface area contributed by atoms with Gasteiger partial charge in [-0.25, -0.2) is 0 Å². The van der Waals surface area contributed by atoms with E-state index in [1.54, 1.807) is 0 Å². The van der Waals surface area contributed by atoms with Gasteiger partial charge in [0.1, 0.15) is 5.78 Å². The van der Waals surface area contributed by atoms with Gasteiger partial charge in [0.25, 0.3) is 0 Å². The van der Waals surface area contributed by atoms with Crippen LogP contribution in [0.1, 0.15) is 64.7 Å². The van der Waals surface area contributed by atoms with E-state index < -0.39 is 0 Å². The lowest BCUT2D eigenvalue weighted by atomic mass is 9.72. The third kappa shape index (κ3) is 2.02. The van der Waals surface area contributed by atoms with Crippen molar-refractivity contribution in [2.75, 3.05) is 0 Å². The molecule has 1 unspecified atom stereocenters. The Balaban J connectivity index is 2.01. The fourth-order valence-electron chi connectivity index (χ4n) is 3.38. The van der Waals surface area contributed by atoms with Crippen LogP contribution in [0.3, 0.4) is 0 Å². The lowest BCUT2D eigenvalue weighted by Crippen LogP contribution is -2.24. The van der Waals surface area contributed by atoms with E-state index in [9.17, 15) is 4.79 Å². The maximum absolute atomic E-state index is 11.4. The summed E-state index contributed by atoms with van der Waals surface area (Å²) < 4.78 is 0. The molecule has 0 aromatic carbocycles. The molecule has 0 N–H and O–H groups in total. The summed E-state index contributed by atoms with van der Waals surface area (Å²) in [6, 6.07) is 0. The van der Waals surface area contributed by atoms with Gasteiger partial charge < -0.3 is 0 Å². The second-order valence-corrected chi connectivity index (χ2v) is 5.56. The summed E-state index contributed by atoms with van der Waals surface area (Å²) in [6.07, 6.45) is 11.3. The molecular weight excluding hydrogens is 172 g/mol. The molecular formula is C13H22O. The number of hydrogen-bond acceptors (Lipinski definition) is 1. The molecule has 0 saturated heterocycles. The maximum atomic E-state index is 11.4. The third-order valence-electron chi connectivity index (χ3n) is 4.42. The Labute approximate surface area is 87.3 Å². The summed E-state index contributed by atoms with van der Waals surface area (Å²) in [7, 11) is 0. The molecule has 0 bridgehead atoms. The van der Waals surface area contributed by atoms with Crippen molar-refractivity contribution in [1.29, 1.82) is 0 Å². The van der Waals surface area contributed by atoms with Gasteiger partial charge in [-0.2, -0.15) is 0 Å². The molecule has 2 aliphatic rings. The molecule has 0 aromatic rings. The van der Waals surface area contributed by atoms with E-state index in [1.807, 2.05) is 0 Å². The minimum absolute atomic E-state index is 0.376.